The first kappa shape index (κ1) is 18.8. The van der Waals surface area contributed by atoms with Crippen molar-refractivity contribution in [2.24, 2.45) is 0 Å². The zero-order valence-corrected chi connectivity index (χ0v) is 15.3. The minimum Gasteiger partial charge on any atom is -0.444 e. The average Bonchev–Trinajstić information content (AvgIpc) is 2.44. The number of carbonyl (C=O) groups is 1. The molecular formula is C17H19BrF3NO2. The highest BCUT2D eigenvalue weighted by Gasteiger charge is 2.34. The Morgan fingerprint density at radius 2 is 1.92 bits per heavy atom. The van der Waals surface area contributed by atoms with Crippen LogP contribution in [0.15, 0.2) is 28.7 Å². The maximum atomic E-state index is 13.0. The Balaban J connectivity index is 2.18. The van der Waals surface area contributed by atoms with Gasteiger partial charge in [0.2, 0.25) is 0 Å². The van der Waals surface area contributed by atoms with E-state index in [1.807, 2.05) is 0 Å². The van der Waals surface area contributed by atoms with Gasteiger partial charge in [0, 0.05) is 17.6 Å². The summed E-state index contributed by atoms with van der Waals surface area (Å²) in [6.45, 7) is 6.08. The molecule has 1 aromatic rings. The highest BCUT2D eigenvalue weighted by molar-refractivity contribution is 9.10. The van der Waals surface area contributed by atoms with Crippen LogP contribution in [0.4, 0.5) is 18.0 Å². The second-order valence-corrected chi connectivity index (χ2v) is 7.36. The quantitative estimate of drug-likeness (QED) is 0.617. The third kappa shape index (κ3) is 4.53. The molecule has 0 atom stereocenters. The first-order valence-corrected chi connectivity index (χ1v) is 8.31. The van der Waals surface area contributed by atoms with Gasteiger partial charge in [-0.15, -0.1) is 0 Å². The Labute approximate surface area is 147 Å². The average molecular weight is 406 g/mol. The summed E-state index contributed by atoms with van der Waals surface area (Å²) in [6, 6.07) is 4.09. The lowest BCUT2D eigenvalue weighted by molar-refractivity contribution is -0.138. The number of amides is 1. The van der Waals surface area contributed by atoms with Gasteiger partial charge in [-0.3, -0.25) is 0 Å². The van der Waals surface area contributed by atoms with Crippen LogP contribution in [0.5, 0.6) is 0 Å². The number of nitrogens with zero attached hydrogens (tertiary/aromatic N) is 1. The van der Waals surface area contributed by atoms with Crippen molar-refractivity contribution in [3.63, 3.8) is 0 Å². The molecule has 0 spiro atoms. The number of hydrogen-bond donors (Lipinski definition) is 0. The number of hydrogen-bond acceptors (Lipinski definition) is 2. The summed E-state index contributed by atoms with van der Waals surface area (Å²) < 4.78 is 44.3. The van der Waals surface area contributed by atoms with Crippen molar-refractivity contribution in [2.75, 3.05) is 13.1 Å². The molecule has 0 fully saturated rings. The van der Waals surface area contributed by atoms with Crippen molar-refractivity contribution < 1.29 is 22.7 Å². The Hall–Kier alpha value is -1.50. The Kier molecular flexibility index (Phi) is 5.32. The third-order valence-corrected chi connectivity index (χ3v) is 4.37. The SMILES string of the molecule is CC(C)(C)OC(=O)N1CC=C(c2cccc(C(F)(F)F)c2Br)CC1. The van der Waals surface area contributed by atoms with Crippen molar-refractivity contribution in [1.82, 2.24) is 4.90 Å². The molecule has 0 aromatic heterocycles. The smallest absolute Gasteiger partial charge is 0.417 e. The van der Waals surface area contributed by atoms with E-state index in [0.717, 1.165) is 11.6 Å². The number of benzene rings is 1. The number of carbonyl (C=O) groups excluding carboxylic acids is 1. The molecule has 0 aliphatic carbocycles. The summed E-state index contributed by atoms with van der Waals surface area (Å²) in [4.78, 5) is 13.6. The monoisotopic (exact) mass is 405 g/mol. The summed E-state index contributed by atoms with van der Waals surface area (Å²) in [5, 5.41) is 0. The molecule has 24 heavy (non-hydrogen) atoms. The molecule has 0 unspecified atom stereocenters. The minimum absolute atomic E-state index is 0.0365. The summed E-state index contributed by atoms with van der Waals surface area (Å²) in [6.07, 6.45) is -2.58. The van der Waals surface area contributed by atoms with E-state index in [-0.39, 0.29) is 4.47 Å². The molecule has 0 radical (unpaired) electrons. The Morgan fingerprint density at radius 3 is 2.42 bits per heavy atom. The number of rotatable bonds is 1. The van der Waals surface area contributed by atoms with Crippen LogP contribution in [0.2, 0.25) is 0 Å². The topological polar surface area (TPSA) is 29.5 Å². The van der Waals surface area contributed by atoms with Gasteiger partial charge in [0.1, 0.15) is 5.60 Å². The van der Waals surface area contributed by atoms with E-state index in [4.69, 9.17) is 4.74 Å². The van der Waals surface area contributed by atoms with Crippen LogP contribution < -0.4 is 0 Å². The molecule has 1 aromatic carbocycles. The van der Waals surface area contributed by atoms with E-state index in [1.165, 1.54) is 11.0 Å². The van der Waals surface area contributed by atoms with Gasteiger partial charge in [-0.2, -0.15) is 13.2 Å². The molecule has 1 aliphatic heterocycles. The largest absolute Gasteiger partial charge is 0.444 e. The highest BCUT2D eigenvalue weighted by Crippen LogP contribution is 2.39. The number of ether oxygens (including phenoxy) is 1. The van der Waals surface area contributed by atoms with Crippen LogP contribution in [0.25, 0.3) is 5.57 Å². The van der Waals surface area contributed by atoms with Gasteiger partial charge >= 0.3 is 12.3 Å². The molecule has 2 rings (SSSR count). The highest BCUT2D eigenvalue weighted by atomic mass is 79.9. The molecule has 0 N–H and O–H groups in total. The molecule has 1 aliphatic rings. The van der Waals surface area contributed by atoms with Gasteiger partial charge in [-0.1, -0.05) is 18.2 Å². The van der Waals surface area contributed by atoms with Gasteiger partial charge in [0.15, 0.2) is 0 Å². The van der Waals surface area contributed by atoms with Gasteiger partial charge in [-0.25, -0.2) is 4.79 Å². The lowest BCUT2D eigenvalue weighted by Crippen LogP contribution is -2.39. The molecule has 1 amide bonds. The van der Waals surface area contributed by atoms with Gasteiger partial charge in [0.05, 0.1) is 5.56 Å². The minimum atomic E-state index is -4.41. The molecule has 132 valence electrons. The fourth-order valence-electron chi connectivity index (χ4n) is 2.40. The molecule has 7 heteroatoms. The summed E-state index contributed by atoms with van der Waals surface area (Å²) >= 11 is 3.07. The van der Waals surface area contributed by atoms with E-state index >= 15 is 0 Å². The van der Waals surface area contributed by atoms with Crippen LogP contribution >= 0.6 is 15.9 Å². The second-order valence-electron chi connectivity index (χ2n) is 6.57. The van der Waals surface area contributed by atoms with Crippen LogP contribution in [0.3, 0.4) is 0 Å². The first-order valence-electron chi connectivity index (χ1n) is 7.52. The van der Waals surface area contributed by atoms with Crippen molar-refractivity contribution in [1.29, 1.82) is 0 Å². The lowest BCUT2D eigenvalue weighted by Gasteiger charge is -2.30. The predicted molar refractivity (Wildman–Crippen MR) is 89.5 cm³/mol. The van der Waals surface area contributed by atoms with Crippen molar-refractivity contribution in [3.8, 4) is 0 Å². The van der Waals surface area contributed by atoms with E-state index in [1.54, 1.807) is 32.9 Å². The van der Waals surface area contributed by atoms with Crippen molar-refractivity contribution in [3.05, 3.63) is 39.9 Å². The molecule has 0 bridgehead atoms. The van der Waals surface area contributed by atoms with E-state index in [9.17, 15) is 18.0 Å². The van der Waals surface area contributed by atoms with Gasteiger partial charge in [-0.05, 0) is 60.3 Å². The first-order chi connectivity index (χ1) is 11.0. The zero-order chi connectivity index (χ0) is 18.1. The number of alkyl halides is 3. The maximum absolute atomic E-state index is 13.0. The van der Waals surface area contributed by atoms with Crippen LogP contribution in [-0.2, 0) is 10.9 Å². The van der Waals surface area contributed by atoms with Crippen molar-refractivity contribution >= 4 is 27.6 Å². The fraction of sp³-hybridized carbons (Fsp3) is 0.471. The van der Waals surface area contributed by atoms with Gasteiger partial charge in [0.25, 0.3) is 0 Å². The Bertz CT molecular complexity index is 663. The third-order valence-electron chi connectivity index (χ3n) is 3.51. The summed E-state index contributed by atoms with van der Waals surface area (Å²) in [5.41, 5.74) is 0.0161. The zero-order valence-electron chi connectivity index (χ0n) is 13.7. The Morgan fingerprint density at radius 1 is 1.25 bits per heavy atom. The molecule has 3 nitrogen and oxygen atoms in total. The van der Waals surface area contributed by atoms with Crippen molar-refractivity contribution in [2.45, 2.75) is 39.0 Å². The van der Waals surface area contributed by atoms with Crippen LogP contribution in [0, 0.1) is 0 Å². The summed E-state index contributed by atoms with van der Waals surface area (Å²) in [7, 11) is 0. The molecule has 0 saturated carbocycles. The lowest BCUT2D eigenvalue weighted by atomic mass is 9.97. The molecule has 0 saturated heterocycles. The van der Waals surface area contributed by atoms with E-state index in [2.05, 4.69) is 15.9 Å². The standard InChI is InChI=1S/C17H19BrF3NO2/c1-16(2,3)24-15(23)22-9-7-11(8-10-22)12-5-4-6-13(14(12)18)17(19,20)21/h4-7H,8-10H2,1-3H3. The fourth-order valence-corrected chi connectivity index (χ4v) is 3.15. The normalized spacial score (nSPS) is 16.0. The van der Waals surface area contributed by atoms with Crippen LogP contribution in [0.1, 0.15) is 38.3 Å². The maximum Gasteiger partial charge on any atom is 0.417 e. The van der Waals surface area contributed by atoms with Crippen LogP contribution in [-0.4, -0.2) is 29.7 Å². The number of halogens is 4. The second kappa shape index (κ2) is 6.78. The predicted octanol–water partition coefficient (Wildman–Crippen LogP) is 5.49. The van der Waals surface area contributed by atoms with E-state index < -0.39 is 23.4 Å². The molecular weight excluding hydrogens is 387 g/mol. The van der Waals surface area contributed by atoms with Gasteiger partial charge < -0.3 is 9.64 Å². The summed E-state index contributed by atoms with van der Waals surface area (Å²) in [5.74, 6) is 0. The molecule has 1 heterocycles. The van der Waals surface area contributed by atoms with E-state index in [0.29, 0.717) is 25.1 Å².